The minimum absolute atomic E-state index is 0.0724. The average Bonchev–Trinajstić information content (AvgIpc) is 2.84. The van der Waals surface area contributed by atoms with Gasteiger partial charge in [0.25, 0.3) is 5.91 Å². The molecule has 1 atom stereocenters. The molecule has 6 heteroatoms. The van der Waals surface area contributed by atoms with Crippen molar-refractivity contribution >= 4 is 29.3 Å². The van der Waals surface area contributed by atoms with Crippen LogP contribution in [0.1, 0.15) is 19.4 Å². The standard InChI is InChI=1S/C16H18N4OS/c1-3-18-14(21)12-9-11-13(10-7-5-4-6-8-10)19-15(17)20-16(11,2)22-12/h4-9H,3H2,1-2H3,(H,18,21)(H3,17,19,20). The van der Waals surface area contributed by atoms with Crippen molar-refractivity contribution in [3.05, 3.63) is 52.4 Å². The number of likely N-dealkylation sites (N-methyl/N-ethyl adjacent to an activating group) is 1. The maximum absolute atomic E-state index is 12.1. The highest BCUT2D eigenvalue weighted by molar-refractivity contribution is 8.05. The number of guanidine groups is 1. The van der Waals surface area contributed by atoms with E-state index >= 15 is 0 Å². The Labute approximate surface area is 133 Å². The molecule has 0 bridgehead atoms. The Morgan fingerprint density at radius 1 is 1.41 bits per heavy atom. The molecule has 0 spiro atoms. The highest BCUT2D eigenvalue weighted by Gasteiger charge is 2.42. The van der Waals surface area contributed by atoms with Crippen LogP contribution in [0.2, 0.25) is 0 Å². The van der Waals surface area contributed by atoms with E-state index in [1.165, 1.54) is 11.8 Å². The van der Waals surface area contributed by atoms with Crippen molar-refractivity contribution in [2.24, 2.45) is 10.7 Å². The van der Waals surface area contributed by atoms with Crippen LogP contribution in [-0.4, -0.2) is 23.3 Å². The van der Waals surface area contributed by atoms with E-state index in [9.17, 15) is 4.79 Å². The number of aliphatic imine (C=N–C) groups is 1. The summed E-state index contributed by atoms with van der Waals surface area (Å²) in [6.07, 6.45) is 1.90. The average molecular weight is 314 g/mol. The van der Waals surface area contributed by atoms with Crippen molar-refractivity contribution in [3.8, 4) is 0 Å². The van der Waals surface area contributed by atoms with Crippen LogP contribution >= 0.6 is 11.8 Å². The van der Waals surface area contributed by atoms with Gasteiger partial charge in [0.1, 0.15) is 4.87 Å². The maximum atomic E-state index is 12.1. The fourth-order valence-corrected chi connectivity index (χ4v) is 3.78. The summed E-state index contributed by atoms with van der Waals surface area (Å²) in [4.78, 5) is 16.7. The topological polar surface area (TPSA) is 79.5 Å². The van der Waals surface area contributed by atoms with Gasteiger partial charge in [-0.3, -0.25) is 4.79 Å². The van der Waals surface area contributed by atoms with Crippen molar-refractivity contribution in [2.45, 2.75) is 18.7 Å². The Morgan fingerprint density at radius 3 is 2.82 bits per heavy atom. The first-order valence-electron chi connectivity index (χ1n) is 7.15. The van der Waals surface area contributed by atoms with Crippen molar-refractivity contribution < 1.29 is 4.79 Å². The molecular formula is C16H18N4OS. The number of amides is 1. The molecule has 1 unspecified atom stereocenters. The molecule has 22 heavy (non-hydrogen) atoms. The molecule has 1 aromatic rings. The minimum atomic E-state index is -0.569. The van der Waals surface area contributed by atoms with Crippen molar-refractivity contribution in [1.82, 2.24) is 10.6 Å². The summed E-state index contributed by atoms with van der Waals surface area (Å²) in [5, 5.41) is 5.97. The largest absolute Gasteiger partial charge is 0.370 e. The summed E-state index contributed by atoms with van der Waals surface area (Å²) < 4.78 is 0. The molecule has 0 aromatic heterocycles. The number of carbonyl (C=O) groups is 1. The van der Waals surface area contributed by atoms with Gasteiger partial charge in [-0.25, -0.2) is 4.99 Å². The summed E-state index contributed by atoms with van der Waals surface area (Å²) in [7, 11) is 0. The summed E-state index contributed by atoms with van der Waals surface area (Å²) in [5.74, 6) is 0.292. The summed E-state index contributed by atoms with van der Waals surface area (Å²) in [6.45, 7) is 4.48. The molecule has 1 aromatic carbocycles. The number of fused-ring (bicyclic) bond motifs is 1. The van der Waals surface area contributed by atoms with Crippen LogP contribution < -0.4 is 16.4 Å². The van der Waals surface area contributed by atoms with Crippen LogP contribution in [0, 0.1) is 0 Å². The monoisotopic (exact) mass is 314 g/mol. The van der Waals surface area contributed by atoms with E-state index in [0.717, 1.165) is 16.8 Å². The first kappa shape index (κ1) is 14.7. The molecule has 0 aliphatic carbocycles. The lowest BCUT2D eigenvalue weighted by atomic mass is 9.99. The molecule has 2 heterocycles. The lowest BCUT2D eigenvalue weighted by Crippen LogP contribution is -2.40. The molecule has 1 amide bonds. The highest BCUT2D eigenvalue weighted by Crippen LogP contribution is 2.49. The zero-order valence-corrected chi connectivity index (χ0v) is 13.3. The molecule has 2 aliphatic rings. The van der Waals surface area contributed by atoms with E-state index in [1.807, 2.05) is 50.3 Å². The Morgan fingerprint density at radius 2 is 2.14 bits per heavy atom. The normalized spacial score (nSPS) is 23.4. The summed E-state index contributed by atoms with van der Waals surface area (Å²) in [6, 6.07) is 9.93. The number of hydrogen-bond acceptors (Lipinski definition) is 5. The fraction of sp³-hybridized carbons (Fsp3) is 0.250. The van der Waals surface area contributed by atoms with Gasteiger partial charge in [0.2, 0.25) is 0 Å². The number of nitrogens with two attached hydrogens (primary N) is 1. The smallest absolute Gasteiger partial charge is 0.257 e. The molecule has 0 radical (unpaired) electrons. The molecule has 3 rings (SSSR count). The summed E-state index contributed by atoms with van der Waals surface area (Å²) >= 11 is 1.43. The maximum Gasteiger partial charge on any atom is 0.257 e. The van der Waals surface area contributed by atoms with Crippen LogP contribution in [0.25, 0.3) is 5.70 Å². The Hall–Kier alpha value is -2.21. The van der Waals surface area contributed by atoms with E-state index in [1.54, 1.807) is 0 Å². The number of thioether (sulfide) groups is 1. The highest BCUT2D eigenvalue weighted by atomic mass is 32.2. The Bertz CT molecular complexity index is 708. The molecule has 0 saturated carbocycles. The van der Waals surface area contributed by atoms with E-state index in [-0.39, 0.29) is 5.91 Å². The number of nitrogens with one attached hydrogen (secondary N) is 2. The van der Waals surface area contributed by atoms with E-state index in [0.29, 0.717) is 17.4 Å². The number of hydrogen-bond donors (Lipinski definition) is 3. The van der Waals surface area contributed by atoms with Crippen LogP contribution in [-0.2, 0) is 4.79 Å². The Balaban J connectivity index is 2.08. The van der Waals surface area contributed by atoms with Crippen molar-refractivity contribution in [3.63, 3.8) is 0 Å². The van der Waals surface area contributed by atoms with Crippen LogP contribution in [0.3, 0.4) is 0 Å². The molecule has 0 saturated heterocycles. The number of benzene rings is 1. The van der Waals surface area contributed by atoms with Crippen molar-refractivity contribution in [2.75, 3.05) is 6.54 Å². The van der Waals surface area contributed by atoms with Gasteiger partial charge in [-0.2, -0.15) is 0 Å². The first-order valence-corrected chi connectivity index (χ1v) is 7.96. The zero-order valence-electron chi connectivity index (χ0n) is 12.5. The van der Waals surface area contributed by atoms with Crippen LogP contribution in [0.15, 0.2) is 51.9 Å². The quantitative estimate of drug-likeness (QED) is 0.795. The van der Waals surface area contributed by atoms with Gasteiger partial charge in [-0.05, 0) is 25.5 Å². The number of rotatable bonds is 3. The zero-order chi connectivity index (χ0) is 15.7. The fourth-order valence-electron chi connectivity index (χ4n) is 2.60. The third-order valence-corrected chi connectivity index (χ3v) is 4.80. The molecule has 4 N–H and O–H groups in total. The van der Waals surface area contributed by atoms with Gasteiger partial charge < -0.3 is 16.4 Å². The number of carbonyl (C=O) groups excluding carboxylic acids is 1. The molecule has 2 aliphatic heterocycles. The van der Waals surface area contributed by atoms with E-state index in [4.69, 9.17) is 5.73 Å². The molecule has 0 fully saturated rings. The minimum Gasteiger partial charge on any atom is -0.370 e. The predicted molar refractivity (Wildman–Crippen MR) is 90.9 cm³/mol. The van der Waals surface area contributed by atoms with Crippen molar-refractivity contribution in [1.29, 1.82) is 0 Å². The van der Waals surface area contributed by atoms with Crippen LogP contribution in [0.5, 0.6) is 0 Å². The third kappa shape index (κ3) is 2.50. The molecular weight excluding hydrogens is 296 g/mol. The van der Waals surface area contributed by atoms with Crippen LogP contribution in [0.4, 0.5) is 0 Å². The summed E-state index contributed by atoms with van der Waals surface area (Å²) in [5.41, 5.74) is 8.85. The number of nitrogens with zero attached hydrogens (tertiary/aromatic N) is 1. The van der Waals surface area contributed by atoms with Gasteiger partial charge in [0, 0.05) is 12.1 Å². The first-order chi connectivity index (χ1) is 10.5. The molecule has 114 valence electrons. The molecule has 5 nitrogen and oxygen atoms in total. The van der Waals surface area contributed by atoms with Gasteiger partial charge in [-0.1, -0.05) is 42.1 Å². The third-order valence-electron chi connectivity index (χ3n) is 3.56. The lowest BCUT2D eigenvalue weighted by molar-refractivity contribution is -0.116. The van der Waals surface area contributed by atoms with Gasteiger partial charge in [-0.15, -0.1) is 0 Å². The van der Waals surface area contributed by atoms with Gasteiger partial charge in [0.05, 0.1) is 10.6 Å². The van der Waals surface area contributed by atoms with Gasteiger partial charge >= 0.3 is 0 Å². The lowest BCUT2D eigenvalue weighted by Gasteiger charge is -2.29. The SMILES string of the molecule is CCNC(=O)C1=CC2=C(c3ccccc3)NC(N)=NC2(C)S1. The van der Waals surface area contributed by atoms with E-state index < -0.39 is 4.87 Å². The second kappa shape index (κ2) is 5.53. The predicted octanol–water partition coefficient (Wildman–Crippen LogP) is 1.80. The Kier molecular flexibility index (Phi) is 3.70. The second-order valence-corrected chi connectivity index (χ2v) is 6.67. The van der Waals surface area contributed by atoms with E-state index in [2.05, 4.69) is 15.6 Å². The van der Waals surface area contributed by atoms with Gasteiger partial charge in [0.15, 0.2) is 5.96 Å². The second-order valence-electron chi connectivity index (χ2n) is 5.23.